The van der Waals surface area contributed by atoms with E-state index in [1.54, 1.807) is 0 Å². The van der Waals surface area contributed by atoms with Gasteiger partial charge in [-0.2, -0.15) is 0 Å². The monoisotopic (exact) mass is 297 g/mol. The van der Waals surface area contributed by atoms with Gasteiger partial charge in [0.05, 0.1) is 0 Å². The number of rotatable bonds is 0. The van der Waals surface area contributed by atoms with Crippen LogP contribution in [-0.2, 0) is 5.41 Å². The molecule has 2 N–H and O–H groups in total. The molecule has 3 rings (SSSR count). The fourth-order valence-corrected chi connectivity index (χ4v) is 3.93. The van der Waals surface area contributed by atoms with Crippen LogP contribution in [0.2, 0.25) is 0 Å². The third kappa shape index (κ3) is 1.58. The molecule has 1 atom stereocenters. The van der Waals surface area contributed by atoms with E-state index in [1.807, 2.05) is 6.07 Å². The van der Waals surface area contributed by atoms with Gasteiger partial charge in [0.15, 0.2) is 11.5 Å². The van der Waals surface area contributed by atoms with Crippen LogP contribution in [0, 0.1) is 0 Å². The van der Waals surface area contributed by atoms with Crippen molar-refractivity contribution in [3.8, 4) is 11.5 Å². The van der Waals surface area contributed by atoms with Gasteiger partial charge in [-0.1, -0.05) is 29.8 Å². The van der Waals surface area contributed by atoms with Crippen molar-refractivity contribution < 1.29 is 9.47 Å². The minimum absolute atomic E-state index is 0.0351. The zero-order valence-corrected chi connectivity index (χ0v) is 11.6. The molecule has 0 radical (unpaired) electrons. The van der Waals surface area contributed by atoms with Gasteiger partial charge < -0.3 is 15.2 Å². The van der Waals surface area contributed by atoms with Crippen LogP contribution < -0.4 is 15.2 Å². The lowest BCUT2D eigenvalue weighted by atomic mass is 9.86. The molecule has 0 saturated carbocycles. The Morgan fingerprint density at radius 1 is 1.35 bits per heavy atom. The highest BCUT2D eigenvalue weighted by Gasteiger charge is 2.40. The molecule has 1 heterocycles. The number of ether oxygens (including phenoxy) is 2. The third-order valence-corrected chi connectivity index (χ3v) is 4.22. The first-order valence-corrected chi connectivity index (χ1v) is 6.68. The Hall–Kier alpha value is -0.740. The lowest BCUT2D eigenvalue weighted by Crippen LogP contribution is -2.19. The molecule has 1 unspecified atom stereocenters. The van der Waals surface area contributed by atoms with Crippen LogP contribution in [0.3, 0.4) is 0 Å². The number of benzene rings is 1. The number of hydrogen-bond acceptors (Lipinski definition) is 3. The minimum Gasteiger partial charge on any atom is -0.486 e. The van der Waals surface area contributed by atoms with Gasteiger partial charge in [-0.15, -0.1) is 0 Å². The average molecular weight is 298 g/mol. The van der Waals surface area contributed by atoms with Crippen molar-refractivity contribution in [1.29, 1.82) is 0 Å². The van der Waals surface area contributed by atoms with Crippen molar-refractivity contribution in [3.05, 3.63) is 21.7 Å². The van der Waals surface area contributed by atoms with Crippen LogP contribution in [0.15, 0.2) is 10.5 Å². The molecule has 1 aromatic rings. The Morgan fingerprint density at radius 3 is 2.82 bits per heavy atom. The topological polar surface area (TPSA) is 44.5 Å². The van der Waals surface area contributed by atoms with Crippen LogP contribution in [0.25, 0.3) is 0 Å². The highest BCUT2D eigenvalue weighted by molar-refractivity contribution is 9.10. The quantitative estimate of drug-likeness (QED) is 0.801. The maximum absolute atomic E-state index is 6.26. The van der Waals surface area contributed by atoms with Crippen molar-refractivity contribution in [3.63, 3.8) is 0 Å². The zero-order chi connectivity index (χ0) is 12.2. The van der Waals surface area contributed by atoms with Gasteiger partial charge in [0.2, 0.25) is 0 Å². The summed E-state index contributed by atoms with van der Waals surface area (Å²) in [6.07, 6.45) is 0.945. The van der Waals surface area contributed by atoms with Crippen LogP contribution in [0.5, 0.6) is 11.5 Å². The maximum Gasteiger partial charge on any atom is 0.166 e. The van der Waals surface area contributed by atoms with Crippen LogP contribution in [-0.4, -0.2) is 13.2 Å². The van der Waals surface area contributed by atoms with E-state index in [-0.39, 0.29) is 11.5 Å². The van der Waals surface area contributed by atoms with Crippen molar-refractivity contribution in [2.24, 2.45) is 5.73 Å². The van der Waals surface area contributed by atoms with E-state index >= 15 is 0 Å². The standard InChI is InChI=1S/C13H16BrNO2/c1-13(2)6-8(15)10-11(13)7(14)5-9-12(10)17-4-3-16-9/h5,8H,3-4,6,15H2,1-2H3. The molecule has 0 fully saturated rings. The highest BCUT2D eigenvalue weighted by Crippen LogP contribution is 2.53. The molecule has 3 nitrogen and oxygen atoms in total. The molecule has 1 aliphatic heterocycles. The fourth-order valence-electron chi connectivity index (χ4n) is 2.97. The van der Waals surface area contributed by atoms with E-state index in [2.05, 4.69) is 29.8 Å². The molecule has 17 heavy (non-hydrogen) atoms. The Bertz CT molecular complexity index is 485. The Kier molecular flexibility index (Phi) is 2.42. The normalized spacial score (nSPS) is 24.6. The van der Waals surface area contributed by atoms with E-state index < -0.39 is 0 Å². The largest absolute Gasteiger partial charge is 0.486 e. The lowest BCUT2D eigenvalue weighted by Gasteiger charge is -2.25. The molecule has 92 valence electrons. The van der Waals surface area contributed by atoms with Crippen LogP contribution >= 0.6 is 15.9 Å². The molecule has 1 aliphatic carbocycles. The summed E-state index contributed by atoms with van der Waals surface area (Å²) in [4.78, 5) is 0. The summed E-state index contributed by atoms with van der Waals surface area (Å²) in [6.45, 7) is 5.66. The predicted octanol–water partition coefficient (Wildman–Crippen LogP) is 2.90. The molecular formula is C13H16BrNO2. The summed E-state index contributed by atoms with van der Waals surface area (Å²) in [7, 11) is 0. The molecule has 2 aliphatic rings. The Labute approximate surface area is 109 Å². The van der Waals surface area contributed by atoms with Gasteiger partial charge in [-0.3, -0.25) is 0 Å². The van der Waals surface area contributed by atoms with Gasteiger partial charge >= 0.3 is 0 Å². The summed E-state index contributed by atoms with van der Waals surface area (Å²) >= 11 is 3.64. The third-order valence-electron chi connectivity index (χ3n) is 3.60. The van der Waals surface area contributed by atoms with E-state index in [0.717, 1.165) is 28.0 Å². The van der Waals surface area contributed by atoms with Gasteiger partial charge in [0, 0.05) is 16.1 Å². The second-order valence-electron chi connectivity index (χ2n) is 5.37. The molecular weight excluding hydrogens is 282 g/mol. The number of fused-ring (bicyclic) bond motifs is 3. The average Bonchev–Trinajstić information content (AvgIpc) is 2.50. The lowest BCUT2D eigenvalue weighted by molar-refractivity contribution is 0.169. The van der Waals surface area contributed by atoms with Crippen LogP contribution in [0.4, 0.5) is 0 Å². The smallest absolute Gasteiger partial charge is 0.166 e. The summed E-state index contributed by atoms with van der Waals surface area (Å²) in [5, 5.41) is 0. The van der Waals surface area contributed by atoms with Gasteiger partial charge in [-0.05, 0) is 23.5 Å². The van der Waals surface area contributed by atoms with Crippen molar-refractivity contribution in [2.75, 3.05) is 13.2 Å². The molecule has 4 heteroatoms. The van der Waals surface area contributed by atoms with Crippen LogP contribution in [0.1, 0.15) is 37.4 Å². The summed E-state index contributed by atoms with van der Waals surface area (Å²) in [5.41, 5.74) is 8.74. The molecule has 0 saturated heterocycles. The van der Waals surface area contributed by atoms with Gasteiger partial charge in [0.25, 0.3) is 0 Å². The van der Waals surface area contributed by atoms with E-state index in [4.69, 9.17) is 15.2 Å². The highest BCUT2D eigenvalue weighted by atomic mass is 79.9. The van der Waals surface area contributed by atoms with Gasteiger partial charge in [0.1, 0.15) is 13.2 Å². The Balaban J connectivity index is 2.28. The van der Waals surface area contributed by atoms with E-state index in [1.165, 1.54) is 5.56 Å². The first-order valence-electron chi connectivity index (χ1n) is 5.89. The van der Waals surface area contributed by atoms with Gasteiger partial charge in [-0.25, -0.2) is 0 Å². The number of halogens is 1. The number of nitrogens with two attached hydrogens (primary N) is 1. The molecule has 0 amide bonds. The second-order valence-corrected chi connectivity index (χ2v) is 6.22. The first-order chi connectivity index (χ1) is 8.00. The minimum atomic E-state index is 0.0351. The SMILES string of the molecule is CC1(C)CC(N)c2c3c(cc(Br)c21)OCCO3. The fraction of sp³-hybridized carbons (Fsp3) is 0.538. The predicted molar refractivity (Wildman–Crippen MR) is 69.7 cm³/mol. The maximum atomic E-state index is 6.26. The molecule has 0 spiro atoms. The Morgan fingerprint density at radius 2 is 2.06 bits per heavy atom. The first kappa shape index (κ1) is 11.4. The number of hydrogen-bond donors (Lipinski definition) is 1. The van der Waals surface area contributed by atoms with Crippen molar-refractivity contribution in [1.82, 2.24) is 0 Å². The summed E-state index contributed by atoms with van der Waals surface area (Å²) < 4.78 is 12.5. The molecule has 0 bridgehead atoms. The summed E-state index contributed by atoms with van der Waals surface area (Å²) in [6, 6.07) is 2.04. The van der Waals surface area contributed by atoms with E-state index in [9.17, 15) is 0 Å². The molecule has 0 aromatic heterocycles. The zero-order valence-electron chi connectivity index (χ0n) is 10.0. The second kappa shape index (κ2) is 3.62. The molecule has 1 aromatic carbocycles. The summed E-state index contributed by atoms with van der Waals surface area (Å²) in [5.74, 6) is 1.67. The van der Waals surface area contributed by atoms with E-state index in [0.29, 0.717) is 13.2 Å². The van der Waals surface area contributed by atoms with Crippen molar-refractivity contribution >= 4 is 15.9 Å². The van der Waals surface area contributed by atoms with Crippen molar-refractivity contribution in [2.45, 2.75) is 31.7 Å².